The fourth-order valence-corrected chi connectivity index (χ4v) is 4.92. The summed E-state index contributed by atoms with van der Waals surface area (Å²) in [4.78, 5) is 39.2. The molecule has 1 aromatic heterocycles. The largest absolute Gasteiger partial charge is 0.468 e. The molecule has 1 aliphatic heterocycles. The van der Waals surface area contributed by atoms with Gasteiger partial charge in [-0.25, -0.2) is 17.9 Å². The lowest BCUT2D eigenvalue weighted by molar-refractivity contribution is -0.134. The van der Waals surface area contributed by atoms with Gasteiger partial charge in [0.15, 0.2) is 0 Å². The summed E-state index contributed by atoms with van der Waals surface area (Å²) < 4.78 is 32.7. The molecule has 1 aliphatic rings. The Labute approximate surface area is 202 Å². The first-order valence-electron chi connectivity index (χ1n) is 10.9. The molecule has 10 nitrogen and oxygen atoms in total. The predicted octanol–water partition coefficient (Wildman–Crippen LogP) is 2.55. The summed E-state index contributed by atoms with van der Waals surface area (Å²) >= 11 is 0. The molecule has 0 bridgehead atoms. The third-order valence-corrected chi connectivity index (χ3v) is 7.12. The van der Waals surface area contributed by atoms with Crippen molar-refractivity contribution < 1.29 is 27.2 Å². The van der Waals surface area contributed by atoms with Crippen LogP contribution in [0.15, 0.2) is 82.3 Å². The molecular formula is C24H24N4O6S. The number of amides is 4. The number of sulfonamides is 1. The Hall–Kier alpha value is -3.96. The molecule has 11 heteroatoms. The van der Waals surface area contributed by atoms with Crippen LogP contribution in [0.1, 0.15) is 24.7 Å². The first-order valence-corrected chi connectivity index (χ1v) is 12.3. The molecule has 0 aliphatic carbocycles. The van der Waals surface area contributed by atoms with Crippen molar-refractivity contribution in [2.45, 2.75) is 30.3 Å². The summed E-state index contributed by atoms with van der Waals surface area (Å²) in [5, 5.41) is 5.27. The summed E-state index contributed by atoms with van der Waals surface area (Å²) in [6.07, 6.45) is 1.75. The molecule has 1 unspecified atom stereocenters. The van der Waals surface area contributed by atoms with Gasteiger partial charge in [0.25, 0.3) is 5.91 Å². The number of imide groups is 1. The van der Waals surface area contributed by atoms with Crippen molar-refractivity contribution in [3.8, 4) is 0 Å². The van der Waals surface area contributed by atoms with Crippen LogP contribution in [0.3, 0.4) is 0 Å². The second-order valence-electron chi connectivity index (χ2n) is 7.93. The molecule has 4 amide bonds. The van der Waals surface area contributed by atoms with Crippen molar-refractivity contribution in [2.75, 3.05) is 11.9 Å². The van der Waals surface area contributed by atoms with E-state index in [1.54, 1.807) is 49.4 Å². The SMILES string of the molecule is CCC1(c2ccccc2)NC(=O)N(CC(=O)Nc2cccc(S(=O)(=O)NCc3ccco3)c2)C1=O. The smallest absolute Gasteiger partial charge is 0.325 e. The number of anilines is 1. The van der Waals surface area contributed by atoms with Gasteiger partial charge >= 0.3 is 6.03 Å². The number of hydrogen-bond acceptors (Lipinski definition) is 6. The molecule has 0 spiro atoms. The average Bonchev–Trinajstić information content (AvgIpc) is 3.46. The zero-order chi connectivity index (χ0) is 25.1. The fourth-order valence-electron chi connectivity index (χ4n) is 3.88. The van der Waals surface area contributed by atoms with E-state index in [-0.39, 0.29) is 17.1 Å². The minimum atomic E-state index is -3.87. The summed E-state index contributed by atoms with van der Waals surface area (Å²) in [6, 6.07) is 17.1. The molecule has 0 saturated carbocycles. The van der Waals surface area contributed by atoms with Gasteiger partial charge < -0.3 is 15.1 Å². The van der Waals surface area contributed by atoms with Crippen LogP contribution in [-0.4, -0.2) is 37.7 Å². The van der Waals surface area contributed by atoms with Gasteiger partial charge in [-0.3, -0.25) is 14.5 Å². The second-order valence-corrected chi connectivity index (χ2v) is 9.69. The van der Waals surface area contributed by atoms with Gasteiger partial charge in [-0.05, 0) is 42.3 Å². The summed E-state index contributed by atoms with van der Waals surface area (Å²) in [7, 11) is -3.87. The third kappa shape index (κ3) is 4.96. The van der Waals surface area contributed by atoms with Crippen LogP contribution in [0.5, 0.6) is 0 Å². The van der Waals surface area contributed by atoms with Crippen LogP contribution in [0.25, 0.3) is 0 Å². The molecule has 2 heterocycles. The van der Waals surface area contributed by atoms with Gasteiger partial charge in [-0.15, -0.1) is 0 Å². The van der Waals surface area contributed by atoms with Crippen molar-refractivity contribution in [2.24, 2.45) is 0 Å². The highest BCUT2D eigenvalue weighted by molar-refractivity contribution is 7.89. The van der Waals surface area contributed by atoms with E-state index in [1.165, 1.54) is 30.5 Å². The third-order valence-electron chi connectivity index (χ3n) is 5.72. The van der Waals surface area contributed by atoms with E-state index in [9.17, 15) is 22.8 Å². The monoisotopic (exact) mass is 496 g/mol. The number of furan rings is 1. The Balaban J connectivity index is 1.44. The van der Waals surface area contributed by atoms with E-state index in [0.29, 0.717) is 17.7 Å². The Kier molecular flexibility index (Phi) is 6.72. The number of rotatable bonds is 9. The first-order chi connectivity index (χ1) is 16.7. The van der Waals surface area contributed by atoms with Gasteiger partial charge in [-0.2, -0.15) is 0 Å². The minimum Gasteiger partial charge on any atom is -0.468 e. The van der Waals surface area contributed by atoms with Crippen molar-refractivity contribution in [1.82, 2.24) is 14.9 Å². The molecular weight excluding hydrogens is 472 g/mol. The van der Waals surface area contributed by atoms with Crippen LogP contribution in [-0.2, 0) is 31.7 Å². The van der Waals surface area contributed by atoms with Crippen molar-refractivity contribution in [3.05, 3.63) is 84.3 Å². The molecule has 35 heavy (non-hydrogen) atoms. The number of nitrogens with zero attached hydrogens (tertiary/aromatic N) is 1. The highest BCUT2D eigenvalue weighted by Crippen LogP contribution is 2.32. The lowest BCUT2D eigenvalue weighted by Gasteiger charge is -2.25. The maximum absolute atomic E-state index is 13.2. The van der Waals surface area contributed by atoms with Crippen LogP contribution in [0, 0.1) is 0 Å². The summed E-state index contributed by atoms with van der Waals surface area (Å²) in [5.74, 6) is -0.721. The molecule has 3 N–H and O–H groups in total. The lowest BCUT2D eigenvalue weighted by atomic mass is 9.87. The van der Waals surface area contributed by atoms with Gasteiger partial charge in [0, 0.05) is 5.69 Å². The number of hydrogen-bond donors (Lipinski definition) is 3. The second kappa shape index (κ2) is 9.72. The number of carbonyl (C=O) groups is 3. The van der Waals surface area contributed by atoms with E-state index >= 15 is 0 Å². The summed E-state index contributed by atoms with van der Waals surface area (Å²) in [6.45, 7) is 1.23. The van der Waals surface area contributed by atoms with Gasteiger partial charge in [0.05, 0.1) is 17.7 Å². The Morgan fingerprint density at radius 3 is 2.51 bits per heavy atom. The zero-order valence-corrected chi connectivity index (χ0v) is 19.7. The lowest BCUT2D eigenvalue weighted by Crippen LogP contribution is -2.44. The molecule has 4 rings (SSSR count). The first kappa shape index (κ1) is 24.2. The molecule has 3 aromatic rings. The number of nitrogens with one attached hydrogen (secondary N) is 3. The Morgan fingerprint density at radius 1 is 1.06 bits per heavy atom. The molecule has 182 valence electrons. The van der Waals surface area contributed by atoms with Crippen LogP contribution in [0.4, 0.5) is 10.5 Å². The standard InChI is InChI=1S/C24H24N4O6S/c1-2-24(17-8-4-3-5-9-17)22(30)28(23(31)27-24)16-21(29)26-18-10-6-12-20(14-18)35(32,33)25-15-19-11-7-13-34-19/h3-14,25H,2,15-16H2,1H3,(H,26,29)(H,27,31). The molecule has 2 aromatic carbocycles. The van der Waals surface area contributed by atoms with E-state index in [0.717, 1.165) is 4.90 Å². The molecule has 1 atom stereocenters. The van der Waals surface area contributed by atoms with Gasteiger partial charge in [0.1, 0.15) is 17.8 Å². The van der Waals surface area contributed by atoms with Crippen LogP contribution < -0.4 is 15.4 Å². The van der Waals surface area contributed by atoms with Crippen molar-refractivity contribution >= 4 is 33.6 Å². The molecule has 1 saturated heterocycles. The Bertz CT molecular complexity index is 1340. The topological polar surface area (TPSA) is 138 Å². The van der Waals surface area contributed by atoms with Crippen molar-refractivity contribution in [1.29, 1.82) is 0 Å². The summed E-state index contributed by atoms with van der Waals surface area (Å²) in [5.41, 5.74) is -0.414. The number of carbonyl (C=O) groups excluding carboxylic acids is 3. The maximum Gasteiger partial charge on any atom is 0.325 e. The fraction of sp³-hybridized carbons (Fsp3) is 0.208. The highest BCUT2D eigenvalue weighted by Gasteiger charge is 2.51. The molecule has 0 radical (unpaired) electrons. The van der Waals surface area contributed by atoms with E-state index < -0.39 is 40.0 Å². The zero-order valence-electron chi connectivity index (χ0n) is 18.9. The normalized spacial score (nSPS) is 17.9. The van der Waals surface area contributed by atoms with Crippen LogP contribution >= 0.6 is 0 Å². The van der Waals surface area contributed by atoms with E-state index in [4.69, 9.17) is 4.42 Å². The maximum atomic E-state index is 13.2. The van der Waals surface area contributed by atoms with E-state index in [1.807, 2.05) is 0 Å². The van der Waals surface area contributed by atoms with Gasteiger partial charge in [0.2, 0.25) is 15.9 Å². The van der Waals surface area contributed by atoms with E-state index in [2.05, 4.69) is 15.4 Å². The predicted molar refractivity (Wildman–Crippen MR) is 126 cm³/mol. The number of urea groups is 1. The quantitative estimate of drug-likeness (QED) is 0.389. The van der Waals surface area contributed by atoms with Crippen LogP contribution in [0.2, 0.25) is 0 Å². The molecule has 1 fully saturated rings. The Morgan fingerprint density at radius 2 is 1.83 bits per heavy atom. The van der Waals surface area contributed by atoms with Gasteiger partial charge in [-0.1, -0.05) is 43.3 Å². The van der Waals surface area contributed by atoms with Crippen molar-refractivity contribution in [3.63, 3.8) is 0 Å². The minimum absolute atomic E-state index is 0.0291. The highest BCUT2D eigenvalue weighted by atomic mass is 32.2. The average molecular weight is 497 g/mol. The number of benzene rings is 2.